The van der Waals surface area contributed by atoms with E-state index < -0.39 is 0 Å². The lowest BCUT2D eigenvalue weighted by atomic mass is 10.0. The standard InChI is InChI=1S/C16H14Br2O2/c1-10-14(20-9-12-8-19-12)7-13(16(18)15(10)17)11-5-3-2-4-6-11/h2-7,12H,8-9H2,1H3. The number of ether oxygens (including phenoxy) is 2. The van der Waals surface area contributed by atoms with E-state index in [4.69, 9.17) is 9.47 Å². The predicted octanol–water partition coefficient (Wildman–Crippen LogP) is 4.96. The van der Waals surface area contributed by atoms with E-state index in [9.17, 15) is 0 Å². The summed E-state index contributed by atoms with van der Waals surface area (Å²) in [5.74, 6) is 0.898. The van der Waals surface area contributed by atoms with Crippen LogP contribution < -0.4 is 4.74 Å². The molecule has 1 unspecified atom stereocenters. The van der Waals surface area contributed by atoms with E-state index in [2.05, 4.69) is 50.1 Å². The Labute approximate surface area is 135 Å². The van der Waals surface area contributed by atoms with Gasteiger partial charge < -0.3 is 9.47 Å². The quantitative estimate of drug-likeness (QED) is 0.679. The van der Waals surface area contributed by atoms with Gasteiger partial charge in [0, 0.05) is 20.1 Å². The molecule has 2 aromatic carbocycles. The van der Waals surface area contributed by atoms with Gasteiger partial charge in [-0.2, -0.15) is 0 Å². The molecule has 3 rings (SSSR count). The average Bonchev–Trinajstić information content (AvgIpc) is 3.29. The average molecular weight is 398 g/mol. The highest BCUT2D eigenvalue weighted by Crippen LogP contribution is 2.41. The van der Waals surface area contributed by atoms with Crippen molar-refractivity contribution in [1.29, 1.82) is 0 Å². The van der Waals surface area contributed by atoms with Crippen LogP contribution >= 0.6 is 31.9 Å². The molecular formula is C16H14Br2O2. The van der Waals surface area contributed by atoms with E-state index in [1.165, 1.54) is 0 Å². The van der Waals surface area contributed by atoms with E-state index >= 15 is 0 Å². The topological polar surface area (TPSA) is 21.8 Å². The van der Waals surface area contributed by atoms with Gasteiger partial charge in [0.05, 0.1) is 6.61 Å². The summed E-state index contributed by atoms with van der Waals surface area (Å²) in [7, 11) is 0. The molecule has 0 radical (unpaired) electrons. The third kappa shape index (κ3) is 2.92. The van der Waals surface area contributed by atoms with Gasteiger partial charge in [0.2, 0.25) is 0 Å². The first-order valence-electron chi connectivity index (χ1n) is 6.45. The fourth-order valence-electron chi connectivity index (χ4n) is 2.02. The minimum atomic E-state index is 0.261. The Hall–Kier alpha value is -0.840. The van der Waals surface area contributed by atoms with Crippen LogP contribution in [0.3, 0.4) is 0 Å². The van der Waals surface area contributed by atoms with Crippen LogP contribution in [0.25, 0.3) is 11.1 Å². The van der Waals surface area contributed by atoms with E-state index in [0.29, 0.717) is 6.61 Å². The Bertz CT molecular complexity index is 622. The largest absolute Gasteiger partial charge is 0.490 e. The number of benzene rings is 2. The van der Waals surface area contributed by atoms with Gasteiger partial charge in [-0.05, 0) is 50.4 Å². The molecule has 1 aliphatic rings. The molecule has 0 saturated carbocycles. The van der Waals surface area contributed by atoms with Gasteiger partial charge in [-0.1, -0.05) is 30.3 Å². The van der Waals surface area contributed by atoms with Gasteiger partial charge in [0.25, 0.3) is 0 Å². The van der Waals surface area contributed by atoms with Crippen molar-refractivity contribution in [2.24, 2.45) is 0 Å². The first kappa shape index (κ1) is 14.1. The van der Waals surface area contributed by atoms with Gasteiger partial charge in [-0.3, -0.25) is 0 Å². The summed E-state index contributed by atoms with van der Waals surface area (Å²) in [6.07, 6.45) is 0.261. The molecule has 0 bridgehead atoms. The summed E-state index contributed by atoms with van der Waals surface area (Å²) in [6, 6.07) is 12.4. The maximum Gasteiger partial charge on any atom is 0.124 e. The summed E-state index contributed by atoms with van der Waals surface area (Å²) < 4.78 is 13.2. The monoisotopic (exact) mass is 396 g/mol. The maximum atomic E-state index is 5.88. The number of hydrogen-bond donors (Lipinski definition) is 0. The van der Waals surface area contributed by atoms with Crippen LogP contribution in [0.5, 0.6) is 5.75 Å². The summed E-state index contributed by atoms with van der Waals surface area (Å²) in [4.78, 5) is 0. The van der Waals surface area contributed by atoms with Crippen molar-refractivity contribution < 1.29 is 9.47 Å². The smallest absolute Gasteiger partial charge is 0.124 e. The second-order valence-corrected chi connectivity index (χ2v) is 6.39. The van der Waals surface area contributed by atoms with E-state index in [1.807, 2.05) is 25.1 Å². The molecule has 1 saturated heterocycles. The number of halogens is 2. The first-order chi connectivity index (χ1) is 9.66. The van der Waals surface area contributed by atoms with Crippen molar-refractivity contribution >= 4 is 31.9 Å². The van der Waals surface area contributed by atoms with Crippen molar-refractivity contribution in [3.05, 3.63) is 50.9 Å². The van der Waals surface area contributed by atoms with E-state index in [-0.39, 0.29) is 6.10 Å². The molecule has 0 aromatic heterocycles. The minimum absolute atomic E-state index is 0.261. The predicted molar refractivity (Wildman–Crippen MR) is 87.3 cm³/mol. The van der Waals surface area contributed by atoms with Gasteiger partial charge in [-0.25, -0.2) is 0 Å². The number of rotatable bonds is 4. The molecule has 0 amide bonds. The molecule has 0 spiro atoms. The molecule has 20 heavy (non-hydrogen) atoms. The fraction of sp³-hybridized carbons (Fsp3) is 0.250. The summed E-state index contributed by atoms with van der Waals surface area (Å²) in [6.45, 7) is 3.47. The van der Waals surface area contributed by atoms with Crippen molar-refractivity contribution in [3.8, 4) is 16.9 Å². The van der Waals surface area contributed by atoms with Crippen LogP contribution in [-0.2, 0) is 4.74 Å². The van der Waals surface area contributed by atoms with Gasteiger partial charge in [-0.15, -0.1) is 0 Å². The number of epoxide rings is 1. The Morgan fingerprint density at radius 3 is 2.55 bits per heavy atom. The molecule has 0 N–H and O–H groups in total. The Morgan fingerprint density at radius 2 is 1.90 bits per heavy atom. The normalized spacial score (nSPS) is 17.1. The van der Waals surface area contributed by atoms with Crippen molar-refractivity contribution in [3.63, 3.8) is 0 Å². The summed E-state index contributed by atoms with van der Waals surface area (Å²) in [5.41, 5.74) is 3.37. The summed E-state index contributed by atoms with van der Waals surface area (Å²) >= 11 is 7.31. The van der Waals surface area contributed by atoms with E-state index in [0.717, 1.165) is 38.0 Å². The van der Waals surface area contributed by atoms with Crippen LogP contribution in [0, 0.1) is 6.92 Å². The van der Waals surface area contributed by atoms with Crippen LogP contribution in [0.4, 0.5) is 0 Å². The maximum absolute atomic E-state index is 5.88. The number of hydrogen-bond acceptors (Lipinski definition) is 2. The lowest BCUT2D eigenvalue weighted by molar-refractivity contribution is 0.261. The highest BCUT2D eigenvalue weighted by atomic mass is 79.9. The molecule has 1 fully saturated rings. The van der Waals surface area contributed by atoms with Gasteiger partial charge in [0.1, 0.15) is 18.5 Å². The Kier molecular flexibility index (Phi) is 4.15. The van der Waals surface area contributed by atoms with Gasteiger partial charge in [0.15, 0.2) is 0 Å². The van der Waals surface area contributed by atoms with Crippen LogP contribution in [0.15, 0.2) is 45.3 Å². The second-order valence-electron chi connectivity index (χ2n) is 4.81. The Balaban J connectivity index is 2.00. The SMILES string of the molecule is Cc1c(OCC2CO2)cc(-c2ccccc2)c(Br)c1Br. The van der Waals surface area contributed by atoms with Crippen LogP contribution in [0.1, 0.15) is 5.56 Å². The molecule has 1 aliphatic heterocycles. The second kappa shape index (κ2) is 5.88. The zero-order chi connectivity index (χ0) is 14.1. The molecule has 2 aromatic rings. The molecule has 104 valence electrons. The van der Waals surface area contributed by atoms with Crippen molar-refractivity contribution in [2.45, 2.75) is 13.0 Å². The van der Waals surface area contributed by atoms with Crippen LogP contribution in [-0.4, -0.2) is 19.3 Å². The molecule has 4 heteroatoms. The third-order valence-electron chi connectivity index (χ3n) is 3.32. The highest BCUT2D eigenvalue weighted by Gasteiger charge is 2.24. The molecule has 0 aliphatic carbocycles. The van der Waals surface area contributed by atoms with E-state index in [1.54, 1.807) is 0 Å². The lowest BCUT2D eigenvalue weighted by Crippen LogP contribution is -2.05. The molecule has 1 heterocycles. The van der Waals surface area contributed by atoms with Crippen molar-refractivity contribution in [1.82, 2.24) is 0 Å². The minimum Gasteiger partial charge on any atom is -0.490 e. The Morgan fingerprint density at radius 1 is 1.20 bits per heavy atom. The van der Waals surface area contributed by atoms with Crippen LogP contribution in [0.2, 0.25) is 0 Å². The highest BCUT2D eigenvalue weighted by molar-refractivity contribution is 9.13. The molecule has 2 nitrogen and oxygen atoms in total. The van der Waals surface area contributed by atoms with Crippen molar-refractivity contribution in [2.75, 3.05) is 13.2 Å². The zero-order valence-corrected chi connectivity index (χ0v) is 14.2. The van der Waals surface area contributed by atoms with Gasteiger partial charge >= 0.3 is 0 Å². The third-order valence-corrected chi connectivity index (χ3v) is 5.66. The fourth-order valence-corrected chi connectivity index (χ4v) is 3.07. The zero-order valence-electron chi connectivity index (χ0n) is 11.0. The first-order valence-corrected chi connectivity index (χ1v) is 8.04. The molecule has 1 atom stereocenters. The lowest BCUT2D eigenvalue weighted by Gasteiger charge is -2.15. The summed E-state index contributed by atoms with van der Waals surface area (Å²) in [5, 5.41) is 0. The molecular weight excluding hydrogens is 384 g/mol.